The Morgan fingerprint density at radius 1 is 1.29 bits per heavy atom. The zero-order chi connectivity index (χ0) is 15.2. The van der Waals surface area contributed by atoms with E-state index in [-0.39, 0.29) is 6.08 Å². The number of nitrogens with one attached hydrogen (secondary N) is 1. The fourth-order valence-electron chi connectivity index (χ4n) is 1.84. The molecule has 0 fully saturated rings. The van der Waals surface area contributed by atoms with Crippen LogP contribution in [0.4, 0.5) is 0 Å². The Bertz CT molecular complexity index is 579. The summed E-state index contributed by atoms with van der Waals surface area (Å²) in [6.45, 7) is 6.91. The van der Waals surface area contributed by atoms with Gasteiger partial charge in [0.2, 0.25) is 0 Å². The van der Waals surface area contributed by atoms with Gasteiger partial charge in [-0.25, -0.2) is 0 Å². The van der Waals surface area contributed by atoms with Gasteiger partial charge < -0.3 is 19.2 Å². The molecule has 1 aromatic carbocycles. The number of nitrogens with zero attached hydrogens (tertiary/aromatic N) is 1. The number of ether oxygens (including phenoxy) is 2. The molecule has 5 heteroatoms. The first-order valence-electron chi connectivity index (χ1n) is 7.15. The second kappa shape index (κ2) is 7.13. The first-order chi connectivity index (χ1) is 10.1. The molecule has 0 saturated heterocycles. The normalized spacial score (nSPS) is 10.9. The minimum atomic E-state index is 0.220. The van der Waals surface area contributed by atoms with Crippen LogP contribution in [0.5, 0.6) is 17.6 Å². The zero-order valence-electron chi connectivity index (χ0n) is 13.0. The average molecular weight is 290 g/mol. The number of rotatable bonds is 7. The van der Waals surface area contributed by atoms with Crippen LogP contribution in [0.25, 0.3) is 0 Å². The maximum absolute atomic E-state index is 5.66. The van der Waals surface area contributed by atoms with E-state index >= 15 is 0 Å². The molecule has 1 heterocycles. The molecule has 0 amide bonds. The molecular formula is C16H22N2O3. The third kappa shape index (κ3) is 4.23. The van der Waals surface area contributed by atoms with Crippen molar-refractivity contribution in [1.82, 2.24) is 10.3 Å². The Morgan fingerprint density at radius 3 is 2.76 bits per heavy atom. The van der Waals surface area contributed by atoms with Crippen LogP contribution in [-0.2, 0) is 13.0 Å². The van der Waals surface area contributed by atoms with Crippen molar-refractivity contribution >= 4 is 0 Å². The Hall–Kier alpha value is -2.01. The Kier molecular flexibility index (Phi) is 5.22. The molecular weight excluding hydrogens is 268 g/mol. The van der Waals surface area contributed by atoms with Gasteiger partial charge >= 0.3 is 6.08 Å². The summed E-state index contributed by atoms with van der Waals surface area (Å²) in [4.78, 5) is 4.29. The van der Waals surface area contributed by atoms with Gasteiger partial charge in [-0.1, -0.05) is 26.8 Å². The van der Waals surface area contributed by atoms with Gasteiger partial charge in [0.05, 0.1) is 12.8 Å². The van der Waals surface area contributed by atoms with Gasteiger partial charge in [0.25, 0.3) is 0 Å². The van der Waals surface area contributed by atoms with Gasteiger partial charge in [0.15, 0.2) is 11.5 Å². The summed E-state index contributed by atoms with van der Waals surface area (Å²) >= 11 is 0. The van der Waals surface area contributed by atoms with Crippen LogP contribution in [0.1, 0.15) is 32.0 Å². The van der Waals surface area contributed by atoms with Gasteiger partial charge in [0, 0.05) is 12.6 Å². The molecule has 0 aliphatic carbocycles. The van der Waals surface area contributed by atoms with Gasteiger partial charge in [-0.15, -0.1) is 0 Å². The van der Waals surface area contributed by atoms with E-state index in [1.165, 1.54) is 5.56 Å². The maximum Gasteiger partial charge on any atom is 0.399 e. The van der Waals surface area contributed by atoms with Crippen LogP contribution in [0.3, 0.4) is 0 Å². The van der Waals surface area contributed by atoms with Crippen molar-refractivity contribution in [2.75, 3.05) is 7.11 Å². The number of methoxy groups -OCH3 is 1. The van der Waals surface area contributed by atoms with Crippen molar-refractivity contribution in [3.05, 3.63) is 35.7 Å². The molecule has 0 radical (unpaired) electrons. The summed E-state index contributed by atoms with van der Waals surface area (Å²) in [6, 6.07) is 6.22. The molecule has 0 bridgehead atoms. The highest BCUT2D eigenvalue weighted by atomic mass is 16.6. The standard InChI is InChI=1S/C16H22N2O3/c1-5-12-6-7-14(15(8-12)19-4)21-16-18-13(10-20-16)9-17-11(2)3/h6-8,10-11,17H,5,9H2,1-4H3. The quantitative estimate of drug-likeness (QED) is 0.845. The molecule has 2 rings (SSSR count). The smallest absolute Gasteiger partial charge is 0.399 e. The van der Waals surface area contributed by atoms with E-state index in [9.17, 15) is 0 Å². The molecule has 0 atom stereocenters. The lowest BCUT2D eigenvalue weighted by Gasteiger charge is -2.08. The first kappa shape index (κ1) is 15.4. The summed E-state index contributed by atoms with van der Waals surface area (Å²) in [5.74, 6) is 1.27. The van der Waals surface area contributed by atoms with E-state index in [2.05, 4.69) is 31.1 Å². The fourth-order valence-corrected chi connectivity index (χ4v) is 1.84. The second-order valence-corrected chi connectivity index (χ2v) is 5.08. The third-order valence-corrected chi connectivity index (χ3v) is 3.06. The molecule has 1 N–H and O–H groups in total. The predicted molar refractivity (Wildman–Crippen MR) is 80.9 cm³/mol. The molecule has 0 aliphatic heterocycles. The van der Waals surface area contributed by atoms with Gasteiger partial charge in [-0.05, 0) is 24.1 Å². The highest BCUT2D eigenvalue weighted by Gasteiger charge is 2.11. The lowest BCUT2D eigenvalue weighted by Crippen LogP contribution is -2.21. The topological polar surface area (TPSA) is 56.5 Å². The number of aryl methyl sites for hydroxylation is 1. The highest BCUT2D eigenvalue weighted by Crippen LogP contribution is 2.32. The van der Waals surface area contributed by atoms with Crippen molar-refractivity contribution in [3.63, 3.8) is 0 Å². The van der Waals surface area contributed by atoms with Crippen molar-refractivity contribution in [2.45, 2.75) is 39.8 Å². The van der Waals surface area contributed by atoms with Crippen LogP contribution in [-0.4, -0.2) is 18.1 Å². The largest absolute Gasteiger partial charge is 0.493 e. The van der Waals surface area contributed by atoms with Gasteiger partial charge in [-0.3, -0.25) is 0 Å². The van der Waals surface area contributed by atoms with Crippen LogP contribution in [0.2, 0.25) is 0 Å². The molecule has 2 aromatic rings. The van der Waals surface area contributed by atoms with E-state index in [1.54, 1.807) is 13.4 Å². The minimum absolute atomic E-state index is 0.220. The zero-order valence-corrected chi connectivity index (χ0v) is 13.0. The van der Waals surface area contributed by atoms with Crippen molar-refractivity contribution in [1.29, 1.82) is 0 Å². The number of benzene rings is 1. The maximum atomic E-state index is 5.66. The molecule has 0 unspecified atom stereocenters. The second-order valence-electron chi connectivity index (χ2n) is 5.08. The fraction of sp³-hybridized carbons (Fsp3) is 0.438. The van der Waals surface area contributed by atoms with Crippen LogP contribution < -0.4 is 14.8 Å². The predicted octanol–water partition coefficient (Wildman–Crippen LogP) is 3.54. The van der Waals surface area contributed by atoms with Gasteiger partial charge in [-0.2, -0.15) is 4.98 Å². The summed E-state index contributed by atoms with van der Waals surface area (Å²) in [5.41, 5.74) is 2.00. The van der Waals surface area contributed by atoms with Crippen LogP contribution in [0, 0.1) is 0 Å². The van der Waals surface area contributed by atoms with E-state index in [0.29, 0.717) is 24.1 Å². The SMILES string of the molecule is CCc1ccc(Oc2nc(CNC(C)C)co2)c(OC)c1. The Morgan fingerprint density at radius 2 is 2.10 bits per heavy atom. The Balaban J connectivity index is 2.07. The van der Waals surface area contributed by atoms with Crippen molar-refractivity contribution < 1.29 is 13.9 Å². The molecule has 21 heavy (non-hydrogen) atoms. The Labute approximate surface area is 125 Å². The molecule has 114 valence electrons. The number of aromatic nitrogens is 1. The van der Waals surface area contributed by atoms with E-state index in [4.69, 9.17) is 13.9 Å². The van der Waals surface area contributed by atoms with E-state index in [1.807, 2.05) is 18.2 Å². The molecule has 0 aliphatic rings. The highest BCUT2D eigenvalue weighted by molar-refractivity contribution is 5.44. The van der Waals surface area contributed by atoms with Gasteiger partial charge in [0.1, 0.15) is 6.26 Å². The summed E-state index contributed by atoms with van der Waals surface area (Å²) in [6.07, 6.45) is 2.76. The van der Waals surface area contributed by atoms with Crippen molar-refractivity contribution in [3.8, 4) is 17.6 Å². The monoisotopic (exact) mass is 290 g/mol. The minimum Gasteiger partial charge on any atom is -0.493 e. The molecule has 1 aromatic heterocycles. The molecule has 0 spiro atoms. The average Bonchev–Trinajstić information content (AvgIpc) is 2.93. The number of hydrogen-bond donors (Lipinski definition) is 1. The molecule has 5 nitrogen and oxygen atoms in total. The first-order valence-corrected chi connectivity index (χ1v) is 7.15. The number of oxazole rings is 1. The van der Waals surface area contributed by atoms with Crippen molar-refractivity contribution in [2.24, 2.45) is 0 Å². The van der Waals surface area contributed by atoms with Crippen LogP contribution in [0.15, 0.2) is 28.9 Å². The summed E-state index contributed by atoms with van der Waals surface area (Å²) in [5, 5.41) is 3.27. The molecule has 0 saturated carbocycles. The third-order valence-electron chi connectivity index (χ3n) is 3.06. The lowest BCUT2D eigenvalue weighted by atomic mass is 10.1. The van der Waals surface area contributed by atoms with E-state index in [0.717, 1.165) is 12.1 Å². The summed E-state index contributed by atoms with van der Waals surface area (Å²) < 4.78 is 16.3. The number of hydrogen-bond acceptors (Lipinski definition) is 5. The lowest BCUT2D eigenvalue weighted by molar-refractivity contribution is 0.310. The summed E-state index contributed by atoms with van der Waals surface area (Å²) in [7, 11) is 1.62. The van der Waals surface area contributed by atoms with Crippen LogP contribution >= 0.6 is 0 Å². The van der Waals surface area contributed by atoms with E-state index < -0.39 is 0 Å².